The molecule has 2 atom stereocenters. The number of hydrogen-bond acceptors (Lipinski definition) is 4. The highest BCUT2D eigenvalue weighted by atomic mass is 32.2. The van der Waals surface area contributed by atoms with Crippen molar-refractivity contribution in [3.8, 4) is 0 Å². The Kier molecular flexibility index (Phi) is 6.65. The molecule has 0 aromatic carbocycles. The Hall–Kier alpha value is -0.260. The van der Waals surface area contributed by atoms with E-state index < -0.39 is 0 Å². The second kappa shape index (κ2) is 8.25. The Morgan fingerprint density at radius 1 is 1.35 bits per heavy atom. The van der Waals surface area contributed by atoms with Gasteiger partial charge in [-0.05, 0) is 31.8 Å². The van der Waals surface area contributed by atoms with Crippen molar-refractivity contribution in [1.29, 1.82) is 0 Å². The average Bonchev–Trinajstić information content (AvgIpc) is 2.53. The van der Waals surface area contributed by atoms with Gasteiger partial charge in [-0.2, -0.15) is 11.8 Å². The van der Waals surface area contributed by atoms with Gasteiger partial charge < -0.3 is 15.5 Å². The first kappa shape index (κ1) is 16.1. The van der Waals surface area contributed by atoms with Crippen molar-refractivity contribution in [1.82, 2.24) is 15.5 Å². The Labute approximate surface area is 127 Å². The van der Waals surface area contributed by atoms with Gasteiger partial charge in [0.25, 0.3) is 0 Å². The van der Waals surface area contributed by atoms with E-state index in [0.717, 1.165) is 56.9 Å². The number of nitrogens with one attached hydrogen (secondary N) is 2. The van der Waals surface area contributed by atoms with Crippen LogP contribution in [0, 0.1) is 5.92 Å². The molecule has 1 amide bonds. The molecule has 0 aliphatic carbocycles. The third-order valence-corrected chi connectivity index (χ3v) is 5.50. The zero-order valence-electron chi connectivity index (χ0n) is 12.9. The summed E-state index contributed by atoms with van der Waals surface area (Å²) < 4.78 is 0. The molecule has 20 heavy (non-hydrogen) atoms. The molecule has 2 N–H and O–H groups in total. The molecule has 0 bridgehead atoms. The quantitative estimate of drug-likeness (QED) is 0.804. The summed E-state index contributed by atoms with van der Waals surface area (Å²) in [6, 6.07) is 0.504. The molecular weight excluding hydrogens is 270 g/mol. The molecule has 116 valence electrons. The Bertz CT molecular complexity index is 301. The number of carbonyl (C=O) groups is 1. The smallest absolute Gasteiger partial charge is 0.240 e. The first-order chi connectivity index (χ1) is 9.72. The van der Waals surface area contributed by atoms with Gasteiger partial charge in [-0.3, -0.25) is 4.79 Å². The van der Waals surface area contributed by atoms with E-state index in [-0.39, 0.29) is 6.04 Å². The van der Waals surface area contributed by atoms with Gasteiger partial charge in [0.15, 0.2) is 0 Å². The van der Waals surface area contributed by atoms with Crippen molar-refractivity contribution in [3.05, 3.63) is 0 Å². The maximum absolute atomic E-state index is 12.8. The largest absolute Gasteiger partial charge is 0.340 e. The summed E-state index contributed by atoms with van der Waals surface area (Å²) in [6.07, 6.45) is 3.32. The summed E-state index contributed by atoms with van der Waals surface area (Å²) in [5, 5.41) is 7.05. The van der Waals surface area contributed by atoms with E-state index in [0.29, 0.717) is 17.9 Å². The summed E-state index contributed by atoms with van der Waals surface area (Å²) in [4.78, 5) is 14.9. The fourth-order valence-electron chi connectivity index (χ4n) is 2.94. The maximum Gasteiger partial charge on any atom is 0.240 e. The number of carbonyl (C=O) groups excluding carboxylic acids is 1. The van der Waals surface area contributed by atoms with Crippen molar-refractivity contribution in [3.63, 3.8) is 0 Å². The Morgan fingerprint density at radius 2 is 2.00 bits per heavy atom. The SMILES string of the molecule is CC[C@@H](C)[C@H](NC1CCNCC1)C(=O)N1CCSCC1. The van der Waals surface area contributed by atoms with E-state index in [1.54, 1.807) is 0 Å². The summed E-state index contributed by atoms with van der Waals surface area (Å²) in [6.45, 7) is 8.37. The van der Waals surface area contributed by atoms with Crippen LogP contribution in [0.4, 0.5) is 0 Å². The van der Waals surface area contributed by atoms with E-state index in [9.17, 15) is 4.79 Å². The van der Waals surface area contributed by atoms with Crippen molar-refractivity contribution in [2.24, 2.45) is 5.92 Å². The molecule has 4 nitrogen and oxygen atoms in total. The van der Waals surface area contributed by atoms with Crippen LogP contribution in [0.5, 0.6) is 0 Å². The highest BCUT2D eigenvalue weighted by Gasteiger charge is 2.31. The highest BCUT2D eigenvalue weighted by molar-refractivity contribution is 7.99. The van der Waals surface area contributed by atoms with E-state index in [1.165, 1.54) is 0 Å². The van der Waals surface area contributed by atoms with E-state index in [1.807, 2.05) is 11.8 Å². The zero-order valence-corrected chi connectivity index (χ0v) is 13.7. The Morgan fingerprint density at radius 3 is 2.60 bits per heavy atom. The van der Waals surface area contributed by atoms with Crippen LogP contribution in [-0.2, 0) is 4.79 Å². The normalized spacial score (nSPS) is 24.4. The fourth-order valence-corrected chi connectivity index (χ4v) is 3.84. The number of hydrogen-bond donors (Lipinski definition) is 2. The second-order valence-corrected chi connectivity index (χ2v) is 7.22. The summed E-state index contributed by atoms with van der Waals surface area (Å²) in [5.41, 5.74) is 0. The van der Waals surface area contributed by atoms with E-state index in [4.69, 9.17) is 0 Å². The lowest BCUT2D eigenvalue weighted by atomic mass is 9.95. The van der Waals surface area contributed by atoms with Crippen LogP contribution in [0.1, 0.15) is 33.1 Å². The molecule has 0 spiro atoms. The van der Waals surface area contributed by atoms with Crippen molar-refractivity contribution >= 4 is 17.7 Å². The summed E-state index contributed by atoms with van der Waals surface area (Å²) in [7, 11) is 0. The summed E-state index contributed by atoms with van der Waals surface area (Å²) in [5.74, 6) is 2.92. The summed E-state index contributed by atoms with van der Waals surface area (Å²) >= 11 is 1.96. The van der Waals surface area contributed by atoms with Gasteiger partial charge in [0.1, 0.15) is 0 Å². The zero-order chi connectivity index (χ0) is 14.4. The van der Waals surface area contributed by atoms with Gasteiger partial charge in [-0.1, -0.05) is 20.3 Å². The predicted octanol–water partition coefficient (Wildman–Crippen LogP) is 1.32. The number of rotatable bonds is 5. The minimum absolute atomic E-state index is 0.00574. The minimum Gasteiger partial charge on any atom is -0.340 e. The molecule has 0 saturated carbocycles. The van der Waals surface area contributed by atoms with Crippen LogP contribution in [0.25, 0.3) is 0 Å². The van der Waals surface area contributed by atoms with Gasteiger partial charge in [0.2, 0.25) is 5.91 Å². The molecule has 2 aliphatic heterocycles. The first-order valence-electron chi connectivity index (χ1n) is 8.05. The molecule has 0 aromatic rings. The third kappa shape index (κ3) is 4.37. The van der Waals surface area contributed by atoms with Crippen molar-refractivity contribution in [2.45, 2.75) is 45.2 Å². The van der Waals surface area contributed by atoms with Crippen molar-refractivity contribution in [2.75, 3.05) is 37.7 Å². The van der Waals surface area contributed by atoms with Gasteiger partial charge in [-0.15, -0.1) is 0 Å². The number of nitrogens with zero attached hydrogens (tertiary/aromatic N) is 1. The molecule has 0 unspecified atom stereocenters. The lowest BCUT2D eigenvalue weighted by molar-refractivity contribution is -0.134. The molecule has 2 fully saturated rings. The number of piperidine rings is 1. The molecule has 0 aromatic heterocycles. The van der Waals surface area contributed by atoms with E-state index in [2.05, 4.69) is 29.4 Å². The average molecular weight is 299 g/mol. The number of thioether (sulfide) groups is 1. The molecule has 0 radical (unpaired) electrons. The lowest BCUT2D eigenvalue weighted by Gasteiger charge is -2.36. The highest BCUT2D eigenvalue weighted by Crippen LogP contribution is 2.17. The molecule has 2 rings (SSSR count). The Balaban J connectivity index is 1.95. The van der Waals surface area contributed by atoms with Crippen LogP contribution in [-0.4, -0.2) is 60.6 Å². The second-order valence-electron chi connectivity index (χ2n) is 5.99. The third-order valence-electron chi connectivity index (χ3n) is 4.56. The van der Waals surface area contributed by atoms with Gasteiger partial charge in [0, 0.05) is 30.6 Å². The van der Waals surface area contributed by atoms with Gasteiger partial charge >= 0.3 is 0 Å². The molecule has 2 aliphatic rings. The van der Waals surface area contributed by atoms with Crippen LogP contribution < -0.4 is 10.6 Å². The van der Waals surface area contributed by atoms with Gasteiger partial charge in [-0.25, -0.2) is 0 Å². The predicted molar refractivity (Wildman–Crippen MR) is 86.2 cm³/mol. The fraction of sp³-hybridized carbons (Fsp3) is 0.933. The minimum atomic E-state index is 0.00574. The first-order valence-corrected chi connectivity index (χ1v) is 9.21. The van der Waals surface area contributed by atoms with Crippen LogP contribution in [0.15, 0.2) is 0 Å². The van der Waals surface area contributed by atoms with E-state index >= 15 is 0 Å². The monoisotopic (exact) mass is 299 g/mol. The molecule has 2 saturated heterocycles. The standard InChI is InChI=1S/C15H29N3OS/c1-3-12(2)14(17-13-4-6-16-7-5-13)15(19)18-8-10-20-11-9-18/h12-14,16-17H,3-11H2,1-2H3/t12-,14+/m1/s1. The van der Waals surface area contributed by atoms with Crippen LogP contribution in [0.3, 0.4) is 0 Å². The lowest BCUT2D eigenvalue weighted by Crippen LogP contribution is -2.55. The topological polar surface area (TPSA) is 44.4 Å². The molecular formula is C15H29N3OS. The van der Waals surface area contributed by atoms with Gasteiger partial charge in [0.05, 0.1) is 6.04 Å². The molecule has 2 heterocycles. The van der Waals surface area contributed by atoms with Crippen LogP contribution in [0.2, 0.25) is 0 Å². The van der Waals surface area contributed by atoms with Crippen molar-refractivity contribution < 1.29 is 4.79 Å². The van der Waals surface area contributed by atoms with Crippen LogP contribution >= 0.6 is 11.8 Å². The maximum atomic E-state index is 12.8. The molecule has 5 heteroatoms. The number of amides is 1.